The van der Waals surface area contributed by atoms with Crippen molar-refractivity contribution >= 4 is 41.3 Å². The van der Waals surface area contributed by atoms with Gasteiger partial charge in [-0.05, 0) is 43.9 Å². The lowest BCUT2D eigenvalue weighted by Gasteiger charge is -2.31. The van der Waals surface area contributed by atoms with E-state index in [0.717, 1.165) is 32.1 Å². The third-order valence-corrected chi connectivity index (χ3v) is 8.83. The quantitative estimate of drug-likeness (QED) is 0.115. The molecule has 15 heteroatoms. The largest absolute Gasteiger partial charge is 0.480 e. The van der Waals surface area contributed by atoms with E-state index in [1.165, 1.54) is 25.5 Å². The summed E-state index contributed by atoms with van der Waals surface area (Å²) < 4.78 is 0. The number of Topliss-reactive ketones (excluding diaryl/α,β-unsaturated/α-hetero) is 1. The summed E-state index contributed by atoms with van der Waals surface area (Å²) in [6.07, 6.45) is 9.95. The summed E-state index contributed by atoms with van der Waals surface area (Å²) in [4.78, 5) is 98.5. The Balaban J connectivity index is 2.28. The SMILES string of the molecule is CC[C@H](NC(=O)[C@H](CC1CCCCC1)NC(=O)[C@@H](NC(=O)[C@H](CC(C)C)NC(=O)c1cnccn1)[C@H](C)CC)C(=O)C(=O)N[C@@H](C)C(=O)O. The van der Waals surface area contributed by atoms with Crippen LogP contribution >= 0.6 is 0 Å². The molecule has 49 heavy (non-hydrogen) atoms. The van der Waals surface area contributed by atoms with Gasteiger partial charge in [-0.25, -0.2) is 4.98 Å². The maximum absolute atomic E-state index is 13.9. The minimum Gasteiger partial charge on any atom is -0.480 e. The molecule has 0 unspecified atom stereocenters. The van der Waals surface area contributed by atoms with E-state index >= 15 is 0 Å². The summed E-state index contributed by atoms with van der Waals surface area (Å²) >= 11 is 0. The van der Waals surface area contributed by atoms with Gasteiger partial charge in [0.25, 0.3) is 11.8 Å². The molecule has 0 aliphatic heterocycles. The second-order valence-corrected chi connectivity index (χ2v) is 13.3. The fraction of sp³-hybridized carbons (Fsp3) is 0.676. The average Bonchev–Trinajstić information content (AvgIpc) is 3.08. The Labute approximate surface area is 287 Å². The van der Waals surface area contributed by atoms with Crippen molar-refractivity contribution in [1.82, 2.24) is 36.6 Å². The van der Waals surface area contributed by atoms with Crippen LogP contribution in [0.4, 0.5) is 0 Å². The summed E-state index contributed by atoms with van der Waals surface area (Å²) in [7, 11) is 0. The van der Waals surface area contributed by atoms with Crippen LogP contribution in [0.1, 0.15) is 110 Å². The molecule has 0 radical (unpaired) electrons. The summed E-state index contributed by atoms with van der Waals surface area (Å²) in [6.45, 7) is 10.2. The molecule has 272 valence electrons. The van der Waals surface area contributed by atoms with Gasteiger partial charge in [-0.1, -0.05) is 73.1 Å². The molecule has 1 aromatic rings. The first-order chi connectivity index (χ1) is 23.2. The van der Waals surface area contributed by atoms with Crippen LogP contribution in [0.5, 0.6) is 0 Å². The number of hydrogen-bond donors (Lipinski definition) is 6. The van der Waals surface area contributed by atoms with E-state index < -0.39 is 71.5 Å². The number of rotatable bonds is 19. The number of amides is 5. The zero-order chi connectivity index (χ0) is 36.7. The zero-order valence-corrected chi connectivity index (χ0v) is 29.4. The van der Waals surface area contributed by atoms with Crippen LogP contribution < -0.4 is 26.6 Å². The molecule has 0 aromatic carbocycles. The molecule has 0 spiro atoms. The molecule has 5 amide bonds. The van der Waals surface area contributed by atoms with Crippen molar-refractivity contribution in [3.8, 4) is 0 Å². The molecule has 1 aromatic heterocycles. The van der Waals surface area contributed by atoms with E-state index in [9.17, 15) is 33.6 Å². The summed E-state index contributed by atoms with van der Waals surface area (Å²) in [5, 5.41) is 22.1. The van der Waals surface area contributed by atoms with Crippen LogP contribution in [-0.4, -0.2) is 86.6 Å². The number of hydrogen-bond acceptors (Lipinski definition) is 9. The molecule has 6 atom stereocenters. The van der Waals surface area contributed by atoms with Crippen LogP contribution in [0.25, 0.3) is 0 Å². The number of carboxylic acids is 1. The number of carbonyl (C=O) groups is 7. The monoisotopic (exact) mass is 687 g/mol. The molecule has 2 rings (SSSR count). The third kappa shape index (κ3) is 13.2. The Kier molecular flexibility index (Phi) is 16.8. The molecule has 1 saturated carbocycles. The molecular formula is C34H53N7O8. The minimum absolute atomic E-state index is 0.0148. The van der Waals surface area contributed by atoms with Gasteiger partial charge in [0.1, 0.15) is 29.9 Å². The average molecular weight is 688 g/mol. The fourth-order valence-electron chi connectivity index (χ4n) is 5.67. The van der Waals surface area contributed by atoms with E-state index in [-0.39, 0.29) is 42.7 Å². The molecule has 15 nitrogen and oxygen atoms in total. The van der Waals surface area contributed by atoms with E-state index in [4.69, 9.17) is 5.11 Å². The molecule has 1 aliphatic rings. The van der Waals surface area contributed by atoms with Crippen LogP contribution in [0.15, 0.2) is 18.6 Å². The van der Waals surface area contributed by atoms with Crippen molar-refractivity contribution in [3.63, 3.8) is 0 Å². The summed E-state index contributed by atoms with van der Waals surface area (Å²) in [5.41, 5.74) is 0.0367. The highest BCUT2D eigenvalue weighted by atomic mass is 16.4. The van der Waals surface area contributed by atoms with Crippen LogP contribution in [-0.2, 0) is 28.8 Å². The van der Waals surface area contributed by atoms with Crippen molar-refractivity contribution in [2.24, 2.45) is 17.8 Å². The van der Waals surface area contributed by atoms with Gasteiger partial charge in [-0.15, -0.1) is 0 Å². The molecule has 0 bridgehead atoms. The topological polar surface area (TPSA) is 226 Å². The number of carbonyl (C=O) groups excluding carboxylic acids is 6. The standard InChI is InChI=1S/C34H53N7O8/c1-7-20(5)27(41-30(44)24(16-19(3)4)39-31(45)26-18-35-14-15-36-26)32(46)40-25(17-22-12-10-9-11-13-22)29(43)38-23(8-2)28(42)33(47)37-21(6)34(48)49/h14-15,18-25,27H,7-13,16-17H2,1-6H3,(H,37,47)(H,38,43)(H,39,45)(H,40,46)(H,41,44)(H,48,49)/t20-,21+,23+,24+,25+,27+/m1/s1. The van der Waals surface area contributed by atoms with Crippen molar-refractivity contribution < 1.29 is 38.7 Å². The second kappa shape index (κ2) is 20.2. The van der Waals surface area contributed by atoms with Gasteiger partial charge in [-0.2, -0.15) is 0 Å². The van der Waals surface area contributed by atoms with E-state index in [2.05, 4.69) is 36.6 Å². The normalized spacial score (nSPS) is 17.0. The Morgan fingerprint density at radius 1 is 0.776 bits per heavy atom. The van der Waals surface area contributed by atoms with Crippen molar-refractivity contribution in [3.05, 3.63) is 24.3 Å². The molecule has 1 fully saturated rings. The Morgan fingerprint density at radius 2 is 1.41 bits per heavy atom. The molecule has 0 saturated heterocycles. The van der Waals surface area contributed by atoms with E-state index in [1.807, 2.05) is 20.8 Å². The smallest absolute Gasteiger partial charge is 0.325 e. The lowest BCUT2D eigenvalue weighted by atomic mass is 9.84. The number of carboxylic acid groups (broad SMARTS) is 1. The second-order valence-electron chi connectivity index (χ2n) is 13.3. The van der Waals surface area contributed by atoms with E-state index in [0.29, 0.717) is 6.42 Å². The fourth-order valence-corrected chi connectivity index (χ4v) is 5.67. The van der Waals surface area contributed by atoms with Crippen molar-refractivity contribution in [2.75, 3.05) is 0 Å². The summed E-state index contributed by atoms with van der Waals surface area (Å²) in [5.74, 6) is -6.11. The Hall–Kier alpha value is -4.43. The number of aromatic nitrogens is 2. The van der Waals surface area contributed by atoms with Gasteiger partial charge < -0.3 is 31.7 Å². The van der Waals surface area contributed by atoms with E-state index in [1.54, 1.807) is 13.8 Å². The van der Waals surface area contributed by atoms with Crippen molar-refractivity contribution in [2.45, 2.75) is 130 Å². The predicted molar refractivity (Wildman–Crippen MR) is 180 cm³/mol. The van der Waals surface area contributed by atoms with Crippen molar-refractivity contribution in [1.29, 1.82) is 0 Å². The summed E-state index contributed by atoms with van der Waals surface area (Å²) in [6, 6.07) is -5.68. The number of ketones is 1. The van der Waals surface area contributed by atoms with Crippen LogP contribution in [0.2, 0.25) is 0 Å². The van der Waals surface area contributed by atoms with Gasteiger partial charge in [0, 0.05) is 12.4 Å². The Morgan fingerprint density at radius 3 is 1.96 bits per heavy atom. The highest BCUT2D eigenvalue weighted by molar-refractivity contribution is 6.38. The maximum Gasteiger partial charge on any atom is 0.325 e. The van der Waals surface area contributed by atoms with Gasteiger partial charge in [0.2, 0.25) is 23.5 Å². The molecule has 1 heterocycles. The molecule has 6 N–H and O–H groups in total. The first-order valence-corrected chi connectivity index (χ1v) is 17.2. The molecular weight excluding hydrogens is 634 g/mol. The van der Waals surface area contributed by atoms with Gasteiger partial charge in [-0.3, -0.25) is 38.5 Å². The highest BCUT2D eigenvalue weighted by Gasteiger charge is 2.35. The lowest BCUT2D eigenvalue weighted by Crippen LogP contribution is -2.60. The number of aliphatic carboxylic acids is 1. The number of nitrogens with zero attached hydrogens (tertiary/aromatic N) is 2. The predicted octanol–water partition coefficient (Wildman–Crippen LogP) is 1.66. The van der Waals surface area contributed by atoms with Gasteiger partial charge in [0.05, 0.1) is 12.2 Å². The van der Waals surface area contributed by atoms with Gasteiger partial charge >= 0.3 is 5.97 Å². The third-order valence-electron chi connectivity index (χ3n) is 8.83. The number of nitrogens with one attached hydrogen (secondary N) is 5. The van der Waals surface area contributed by atoms with Gasteiger partial charge in [0.15, 0.2) is 0 Å². The Bertz CT molecular complexity index is 1300. The maximum atomic E-state index is 13.9. The molecule has 1 aliphatic carbocycles. The van der Waals surface area contributed by atoms with Crippen LogP contribution in [0.3, 0.4) is 0 Å². The first kappa shape index (κ1) is 40.7. The minimum atomic E-state index is -1.32. The highest BCUT2D eigenvalue weighted by Crippen LogP contribution is 2.27. The lowest BCUT2D eigenvalue weighted by molar-refractivity contribution is -0.145. The zero-order valence-electron chi connectivity index (χ0n) is 29.4. The van der Waals surface area contributed by atoms with Crippen LogP contribution in [0, 0.1) is 17.8 Å². The first-order valence-electron chi connectivity index (χ1n) is 17.2.